The molecule has 3 heterocycles. The molecule has 0 atom stereocenters. The van der Waals surface area contributed by atoms with E-state index in [2.05, 4.69) is 139 Å². The Morgan fingerprint density at radius 3 is 2.27 bits per heavy atom. The Hall–Kier alpha value is -4.47. The van der Waals surface area contributed by atoms with Crippen LogP contribution in [-0.4, -0.2) is 19.3 Å². The third-order valence-electron chi connectivity index (χ3n) is 8.97. The molecule has 0 fully saturated rings. The SMILES string of the molecule is Cc1ccnc(-n2c3[c-]c(Oc4[c-]c(-n5nc(C)c(-c6ccccc6)c5C)cc(C(C)C)c4)ccc3c3cc(C(C)(C)C)ccc32)c1.[Pt+2]. The predicted octanol–water partition coefficient (Wildman–Crippen LogP) is 10.8. The third kappa shape index (κ3) is 6.13. The van der Waals surface area contributed by atoms with E-state index >= 15 is 0 Å². The molecular formula is C42H40N4OPt. The first-order valence-corrected chi connectivity index (χ1v) is 16.3. The van der Waals surface area contributed by atoms with Crippen LogP contribution in [0.5, 0.6) is 11.5 Å². The Morgan fingerprint density at radius 2 is 1.56 bits per heavy atom. The zero-order valence-corrected chi connectivity index (χ0v) is 31.0. The number of aromatic nitrogens is 4. The van der Waals surface area contributed by atoms with Crippen LogP contribution in [0.1, 0.15) is 68.6 Å². The van der Waals surface area contributed by atoms with Gasteiger partial charge in [0.1, 0.15) is 5.82 Å². The minimum absolute atomic E-state index is 0. The van der Waals surface area contributed by atoms with Crippen LogP contribution < -0.4 is 4.74 Å². The van der Waals surface area contributed by atoms with Crippen LogP contribution in [0.15, 0.2) is 91.1 Å². The summed E-state index contributed by atoms with van der Waals surface area (Å²) < 4.78 is 10.8. The zero-order valence-electron chi connectivity index (χ0n) is 28.8. The van der Waals surface area contributed by atoms with Crippen molar-refractivity contribution < 1.29 is 25.8 Å². The normalized spacial score (nSPS) is 11.8. The van der Waals surface area contributed by atoms with E-state index in [0.29, 0.717) is 11.5 Å². The number of aryl methyl sites for hydroxylation is 2. The average molecular weight is 812 g/mol. The Bertz CT molecular complexity index is 2270. The van der Waals surface area contributed by atoms with Crippen LogP contribution >= 0.6 is 0 Å². The maximum absolute atomic E-state index is 6.60. The van der Waals surface area contributed by atoms with Crippen LogP contribution in [0.2, 0.25) is 0 Å². The summed E-state index contributed by atoms with van der Waals surface area (Å²) in [7, 11) is 0. The van der Waals surface area contributed by atoms with Crippen molar-refractivity contribution in [3.63, 3.8) is 0 Å². The van der Waals surface area contributed by atoms with Crippen LogP contribution in [0, 0.1) is 32.9 Å². The fraction of sp³-hybridized carbons (Fsp3) is 0.238. The Morgan fingerprint density at radius 1 is 0.792 bits per heavy atom. The van der Waals surface area contributed by atoms with Gasteiger partial charge in [-0.15, -0.1) is 41.3 Å². The van der Waals surface area contributed by atoms with Crippen LogP contribution in [-0.2, 0) is 26.5 Å². The summed E-state index contributed by atoms with van der Waals surface area (Å²) in [4.78, 5) is 4.77. The number of benzene rings is 4. The minimum Gasteiger partial charge on any atom is -0.509 e. The van der Waals surface area contributed by atoms with Crippen LogP contribution in [0.4, 0.5) is 0 Å². The van der Waals surface area contributed by atoms with Gasteiger partial charge in [-0.05, 0) is 78.1 Å². The second kappa shape index (κ2) is 12.9. The van der Waals surface area contributed by atoms with Gasteiger partial charge in [0.15, 0.2) is 0 Å². The van der Waals surface area contributed by atoms with Crippen molar-refractivity contribution in [1.29, 1.82) is 0 Å². The van der Waals surface area contributed by atoms with Crippen molar-refractivity contribution in [2.24, 2.45) is 0 Å². The number of hydrogen-bond acceptors (Lipinski definition) is 3. The van der Waals surface area contributed by atoms with Gasteiger partial charge in [-0.1, -0.05) is 82.6 Å². The van der Waals surface area contributed by atoms with Gasteiger partial charge in [-0.2, -0.15) is 11.2 Å². The van der Waals surface area contributed by atoms with Gasteiger partial charge in [0.2, 0.25) is 0 Å². The van der Waals surface area contributed by atoms with Gasteiger partial charge in [-0.3, -0.25) is 4.68 Å². The molecule has 0 aliphatic carbocycles. The van der Waals surface area contributed by atoms with E-state index in [4.69, 9.17) is 14.8 Å². The Balaban J connectivity index is 0.00000401. The van der Waals surface area contributed by atoms with E-state index in [0.717, 1.165) is 61.6 Å². The van der Waals surface area contributed by atoms with E-state index in [1.54, 1.807) is 0 Å². The molecule has 7 rings (SSSR count). The van der Waals surface area contributed by atoms with Gasteiger partial charge >= 0.3 is 21.1 Å². The predicted molar refractivity (Wildman–Crippen MR) is 192 cm³/mol. The van der Waals surface area contributed by atoms with Crippen molar-refractivity contribution in [2.45, 2.75) is 66.7 Å². The molecule has 0 aliphatic rings. The summed E-state index contributed by atoms with van der Waals surface area (Å²) >= 11 is 0. The van der Waals surface area contributed by atoms with Crippen LogP contribution in [0.3, 0.4) is 0 Å². The van der Waals surface area contributed by atoms with Gasteiger partial charge in [0.05, 0.1) is 5.69 Å². The summed E-state index contributed by atoms with van der Waals surface area (Å²) in [5, 5.41) is 7.24. The van der Waals surface area contributed by atoms with Gasteiger partial charge < -0.3 is 9.30 Å². The molecular weight excluding hydrogens is 772 g/mol. The zero-order chi connectivity index (χ0) is 33.0. The van der Waals surface area contributed by atoms with E-state index < -0.39 is 0 Å². The molecule has 0 radical (unpaired) electrons. The van der Waals surface area contributed by atoms with E-state index in [9.17, 15) is 0 Å². The Labute approximate surface area is 297 Å². The number of hydrogen-bond donors (Lipinski definition) is 0. The molecule has 0 amide bonds. The summed E-state index contributed by atoms with van der Waals surface area (Å²) in [6.07, 6.45) is 1.86. The number of rotatable bonds is 6. The molecule has 5 nitrogen and oxygen atoms in total. The summed E-state index contributed by atoms with van der Waals surface area (Å²) in [5.74, 6) is 2.39. The molecule has 0 unspecified atom stereocenters. The summed E-state index contributed by atoms with van der Waals surface area (Å²) in [5.41, 5.74) is 10.8. The Kier molecular flexibility index (Phi) is 8.95. The quantitative estimate of drug-likeness (QED) is 0.157. The minimum atomic E-state index is 0. The number of fused-ring (bicyclic) bond motifs is 3. The molecule has 0 spiro atoms. The summed E-state index contributed by atoms with van der Waals surface area (Å²) in [6, 6.07) is 36.8. The average Bonchev–Trinajstić information content (AvgIpc) is 3.53. The molecule has 3 aromatic heterocycles. The first-order valence-electron chi connectivity index (χ1n) is 16.3. The van der Waals surface area contributed by atoms with Crippen molar-refractivity contribution in [1.82, 2.24) is 19.3 Å². The monoisotopic (exact) mass is 811 g/mol. The van der Waals surface area contributed by atoms with Gasteiger partial charge in [-0.25, -0.2) is 4.98 Å². The summed E-state index contributed by atoms with van der Waals surface area (Å²) in [6.45, 7) is 17.4. The smallest absolute Gasteiger partial charge is 0.509 e. The molecule has 0 saturated carbocycles. The maximum Gasteiger partial charge on any atom is 2.00 e. The topological polar surface area (TPSA) is 44.9 Å². The molecule has 7 aromatic rings. The fourth-order valence-electron chi connectivity index (χ4n) is 6.40. The molecule has 48 heavy (non-hydrogen) atoms. The molecule has 244 valence electrons. The molecule has 0 N–H and O–H groups in total. The molecule has 6 heteroatoms. The number of nitrogens with zero attached hydrogens (tertiary/aromatic N) is 4. The van der Waals surface area contributed by atoms with Gasteiger partial charge in [0.25, 0.3) is 0 Å². The third-order valence-corrected chi connectivity index (χ3v) is 8.97. The largest absolute Gasteiger partial charge is 2.00 e. The number of pyridine rings is 1. The molecule has 0 bridgehead atoms. The van der Waals surface area contributed by atoms with Crippen molar-refractivity contribution in [2.75, 3.05) is 0 Å². The number of ether oxygens (including phenoxy) is 1. The van der Waals surface area contributed by atoms with Gasteiger partial charge in [0, 0.05) is 34.5 Å². The van der Waals surface area contributed by atoms with Crippen LogP contribution in [0.25, 0.3) is 44.4 Å². The van der Waals surface area contributed by atoms with Crippen molar-refractivity contribution >= 4 is 21.8 Å². The molecule has 0 saturated heterocycles. The van der Waals surface area contributed by atoms with Crippen molar-refractivity contribution in [3.05, 3.63) is 131 Å². The first-order chi connectivity index (χ1) is 22.5. The van der Waals surface area contributed by atoms with Crippen molar-refractivity contribution in [3.8, 4) is 34.1 Å². The second-order valence-corrected chi connectivity index (χ2v) is 13.8. The first kappa shape index (κ1) is 33.4. The maximum atomic E-state index is 6.60. The molecule has 4 aromatic carbocycles. The fourth-order valence-corrected chi connectivity index (χ4v) is 6.40. The standard InChI is InChI=1S/C42H40N4O.Pt/c1-26(2)31-21-33(46-29(5)41(28(4)44-46)30-12-10-9-11-13-30)24-35(22-31)47-34-15-16-36-37-23-32(42(6,7)8)14-17-38(37)45(39(36)25-34)40-20-27(3)18-19-43-40;/h9-23,26H,1-8H3;/q-2;+2. The van der Waals surface area contributed by atoms with E-state index in [1.807, 2.05) is 29.1 Å². The molecule has 0 aliphatic heterocycles. The van der Waals surface area contributed by atoms with E-state index in [-0.39, 0.29) is 32.4 Å². The second-order valence-electron chi connectivity index (χ2n) is 13.8. The van der Waals surface area contributed by atoms with E-state index in [1.165, 1.54) is 10.9 Å².